The van der Waals surface area contributed by atoms with Crippen molar-refractivity contribution in [1.29, 1.82) is 0 Å². The van der Waals surface area contributed by atoms with E-state index in [1.165, 1.54) is 34.4 Å². The molecule has 0 saturated heterocycles. The summed E-state index contributed by atoms with van der Waals surface area (Å²) < 4.78 is 6.82. The molecule has 168 valence electrons. The Balaban J connectivity index is 1.69. The van der Waals surface area contributed by atoms with Gasteiger partial charge in [-0.15, -0.1) is 22.7 Å². The van der Waals surface area contributed by atoms with Crippen LogP contribution in [-0.4, -0.2) is 32.1 Å². The number of anilines is 1. The molecule has 0 unspecified atom stereocenters. The minimum atomic E-state index is -0.380. The number of ether oxygens (including phenoxy) is 1. The summed E-state index contributed by atoms with van der Waals surface area (Å²) in [4.78, 5) is 42.1. The number of hydrogen-bond donors (Lipinski definition) is 1. The van der Waals surface area contributed by atoms with Crippen LogP contribution in [0.2, 0.25) is 0 Å². The topological polar surface area (TPSA) is 113 Å². The second-order valence-corrected chi connectivity index (χ2v) is 10.3. The number of hydrogen-bond acceptors (Lipinski definition) is 10. The molecule has 0 spiro atoms. The maximum atomic E-state index is 13.0. The van der Waals surface area contributed by atoms with Crippen molar-refractivity contribution in [2.75, 3.05) is 12.3 Å². The molecule has 0 amide bonds. The van der Waals surface area contributed by atoms with Gasteiger partial charge in [0.2, 0.25) is 0 Å². The summed E-state index contributed by atoms with van der Waals surface area (Å²) in [5.41, 5.74) is 7.92. The molecule has 11 heteroatoms. The van der Waals surface area contributed by atoms with Gasteiger partial charge in [-0.05, 0) is 45.7 Å². The molecule has 0 aliphatic heterocycles. The first-order valence-corrected chi connectivity index (χ1v) is 12.7. The zero-order valence-electron chi connectivity index (χ0n) is 18.4. The fourth-order valence-corrected chi connectivity index (χ4v) is 6.59. The third kappa shape index (κ3) is 3.78. The number of thiophene rings is 2. The highest BCUT2D eigenvalue weighted by Crippen LogP contribution is 2.34. The molecule has 0 aromatic carbocycles. The molecule has 0 aliphatic rings. The van der Waals surface area contributed by atoms with Gasteiger partial charge in [-0.3, -0.25) is 9.36 Å². The lowest BCUT2D eigenvalue weighted by Gasteiger charge is -2.10. The third-order valence-corrected chi connectivity index (χ3v) is 8.46. The van der Waals surface area contributed by atoms with Crippen molar-refractivity contribution in [1.82, 2.24) is 19.5 Å². The van der Waals surface area contributed by atoms with E-state index in [4.69, 9.17) is 15.5 Å². The van der Waals surface area contributed by atoms with E-state index >= 15 is 0 Å². The van der Waals surface area contributed by atoms with Gasteiger partial charge in [0.05, 0.1) is 23.1 Å². The molecular formula is C21H23N5O3S3. The van der Waals surface area contributed by atoms with Crippen LogP contribution in [0.5, 0.6) is 0 Å². The summed E-state index contributed by atoms with van der Waals surface area (Å²) in [5.74, 6) is 0.866. The van der Waals surface area contributed by atoms with E-state index in [9.17, 15) is 9.59 Å². The van der Waals surface area contributed by atoms with Gasteiger partial charge in [-0.1, -0.05) is 11.8 Å². The van der Waals surface area contributed by atoms with Gasteiger partial charge in [0, 0.05) is 11.4 Å². The summed E-state index contributed by atoms with van der Waals surface area (Å²) in [5, 5.41) is 2.01. The van der Waals surface area contributed by atoms with E-state index in [0.717, 1.165) is 20.8 Å². The van der Waals surface area contributed by atoms with Crippen LogP contribution in [-0.2, 0) is 17.0 Å². The lowest BCUT2D eigenvalue weighted by atomic mass is 10.2. The predicted octanol–water partition coefficient (Wildman–Crippen LogP) is 4.46. The second kappa shape index (κ2) is 8.80. The first-order valence-electron chi connectivity index (χ1n) is 10.1. The van der Waals surface area contributed by atoms with Gasteiger partial charge in [-0.2, -0.15) is 0 Å². The zero-order valence-corrected chi connectivity index (χ0v) is 20.9. The molecule has 0 radical (unpaired) electrons. The van der Waals surface area contributed by atoms with Crippen molar-refractivity contribution in [3.63, 3.8) is 0 Å². The number of carbonyl (C=O) groups is 1. The van der Waals surface area contributed by atoms with Crippen molar-refractivity contribution >= 4 is 66.7 Å². The number of fused-ring (bicyclic) bond motifs is 2. The van der Waals surface area contributed by atoms with Crippen LogP contribution in [0.3, 0.4) is 0 Å². The zero-order chi connectivity index (χ0) is 23.2. The number of thioether (sulfide) groups is 1. The number of esters is 1. The van der Waals surface area contributed by atoms with Crippen LogP contribution in [0.15, 0.2) is 9.95 Å². The molecule has 0 bridgehead atoms. The lowest BCUT2D eigenvalue weighted by Crippen LogP contribution is -2.22. The Morgan fingerprint density at radius 3 is 2.47 bits per heavy atom. The smallest absolute Gasteiger partial charge is 0.348 e. The number of rotatable bonds is 6. The van der Waals surface area contributed by atoms with E-state index in [1.54, 1.807) is 11.5 Å². The molecule has 0 saturated carbocycles. The highest BCUT2D eigenvalue weighted by atomic mass is 32.2. The van der Waals surface area contributed by atoms with Gasteiger partial charge in [0.1, 0.15) is 26.2 Å². The summed E-state index contributed by atoms with van der Waals surface area (Å²) in [6.07, 6.45) is 0. The first-order chi connectivity index (χ1) is 15.3. The molecule has 0 atom stereocenters. The Morgan fingerprint density at radius 2 is 1.78 bits per heavy atom. The fraction of sp³-hybridized carbons (Fsp3) is 0.381. The Kier molecular flexibility index (Phi) is 6.24. The molecule has 4 rings (SSSR count). The van der Waals surface area contributed by atoms with Crippen molar-refractivity contribution in [3.8, 4) is 0 Å². The quantitative estimate of drug-likeness (QED) is 0.240. The average molecular weight is 490 g/mol. The number of aromatic nitrogens is 4. The lowest BCUT2D eigenvalue weighted by molar-refractivity contribution is 0.0531. The van der Waals surface area contributed by atoms with Gasteiger partial charge < -0.3 is 10.5 Å². The summed E-state index contributed by atoms with van der Waals surface area (Å²) in [6, 6.07) is 0. The molecule has 4 aromatic heterocycles. The second-order valence-electron chi connectivity index (χ2n) is 7.18. The molecule has 32 heavy (non-hydrogen) atoms. The van der Waals surface area contributed by atoms with Gasteiger partial charge in [0.15, 0.2) is 5.16 Å². The molecule has 4 heterocycles. The third-order valence-electron chi connectivity index (χ3n) is 5.23. The minimum absolute atomic E-state index is 0.0225. The van der Waals surface area contributed by atoms with Crippen LogP contribution >= 0.6 is 34.4 Å². The molecule has 4 aromatic rings. The van der Waals surface area contributed by atoms with Crippen molar-refractivity contribution in [3.05, 3.63) is 37.1 Å². The Bertz CT molecular complexity index is 1420. The average Bonchev–Trinajstić information content (AvgIpc) is 3.23. The maximum Gasteiger partial charge on any atom is 0.348 e. The van der Waals surface area contributed by atoms with E-state index in [-0.39, 0.29) is 11.5 Å². The highest BCUT2D eigenvalue weighted by Gasteiger charge is 2.21. The highest BCUT2D eigenvalue weighted by molar-refractivity contribution is 7.98. The predicted molar refractivity (Wildman–Crippen MR) is 131 cm³/mol. The van der Waals surface area contributed by atoms with Crippen molar-refractivity contribution in [2.45, 2.75) is 52.1 Å². The number of nitrogens with two attached hydrogens (primary N) is 1. The summed E-state index contributed by atoms with van der Waals surface area (Å²) >= 11 is 4.19. The minimum Gasteiger partial charge on any atom is -0.462 e. The number of nitrogen functional groups attached to an aromatic ring is 1. The monoisotopic (exact) mass is 489 g/mol. The van der Waals surface area contributed by atoms with Gasteiger partial charge in [0.25, 0.3) is 5.56 Å². The van der Waals surface area contributed by atoms with Crippen molar-refractivity contribution in [2.24, 2.45) is 0 Å². The molecular weight excluding hydrogens is 466 g/mol. The largest absolute Gasteiger partial charge is 0.462 e. The van der Waals surface area contributed by atoms with Crippen LogP contribution in [0.1, 0.15) is 45.3 Å². The van der Waals surface area contributed by atoms with E-state index in [0.29, 0.717) is 56.2 Å². The van der Waals surface area contributed by atoms with E-state index in [1.807, 2.05) is 27.7 Å². The SMILES string of the molecule is CCOC(=O)c1sc2nc(CSc3nc4sc(C)c(C)c4c(=O)n3CC)nc(N)c2c1C. The van der Waals surface area contributed by atoms with Crippen LogP contribution in [0, 0.1) is 20.8 Å². The normalized spacial score (nSPS) is 11.5. The molecule has 2 N–H and O–H groups in total. The van der Waals surface area contributed by atoms with E-state index in [2.05, 4.69) is 9.97 Å². The number of nitrogens with zero attached hydrogens (tertiary/aromatic N) is 4. The van der Waals surface area contributed by atoms with E-state index < -0.39 is 0 Å². The van der Waals surface area contributed by atoms with Crippen LogP contribution in [0.25, 0.3) is 20.4 Å². The van der Waals surface area contributed by atoms with Gasteiger partial charge >= 0.3 is 5.97 Å². The maximum absolute atomic E-state index is 13.0. The summed E-state index contributed by atoms with van der Waals surface area (Å²) in [7, 11) is 0. The van der Waals surface area contributed by atoms with Crippen molar-refractivity contribution < 1.29 is 9.53 Å². The Labute approximate surface area is 196 Å². The number of aryl methyl sites for hydroxylation is 3. The molecule has 8 nitrogen and oxygen atoms in total. The Hall–Kier alpha value is -2.50. The first kappa shape index (κ1) is 22.7. The Morgan fingerprint density at radius 1 is 1.06 bits per heavy atom. The standard InChI is InChI=1S/C21H23N5O3S3/c1-6-26-19(27)14-9(3)11(5)31-18(14)25-21(26)30-8-12-23-16(22)13-10(4)15(20(28)29-7-2)32-17(13)24-12/h6-8H2,1-5H3,(H2,22,23,24). The molecule has 0 aliphatic carbocycles. The number of carbonyl (C=O) groups excluding carboxylic acids is 1. The molecule has 0 fully saturated rings. The van der Waals surface area contributed by atoms with Gasteiger partial charge in [-0.25, -0.2) is 19.7 Å². The van der Waals surface area contributed by atoms with Crippen LogP contribution in [0.4, 0.5) is 5.82 Å². The summed E-state index contributed by atoms with van der Waals surface area (Å²) in [6.45, 7) is 10.3. The van der Waals surface area contributed by atoms with Crippen LogP contribution < -0.4 is 11.3 Å². The fourth-order valence-electron chi connectivity index (χ4n) is 3.50.